The molecular formula is C89H52N8. The number of aromatic nitrogens is 5. The maximum absolute atomic E-state index is 5.87. The molecule has 1 N–H and O–H groups in total. The number of hydrogen-bond donors (Lipinski definition) is 1. The topological polar surface area (TPSA) is 76.2 Å². The second-order valence-corrected chi connectivity index (χ2v) is 27.0. The third-order valence-electron chi connectivity index (χ3n) is 21.8. The highest BCUT2D eigenvalue weighted by Gasteiger charge is 2.35. The molecule has 448 valence electrons. The van der Waals surface area contributed by atoms with Crippen LogP contribution in [0.3, 0.4) is 0 Å². The predicted octanol–water partition coefficient (Wildman–Crippen LogP) is 22.1. The Bertz CT molecular complexity index is 6800. The summed E-state index contributed by atoms with van der Waals surface area (Å²) in [5.41, 5.74) is 8.15. The molecule has 0 fully saturated rings. The van der Waals surface area contributed by atoms with Crippen LogP contribution in [0.15, 0.2) is 284 Å². The van der Waals surface area contributed by atoms with Crippen LogP contribution in [0, 0.1) is 0 Å². The van der Waals surface area contributed by atoms with E-state index in [1.165, 1.54) is 108 Å². The van der Waals surface area contributed by atoms with E-state index >= 15 is 0 Å². The van der Waals surface area contributed by atoms with Gasteiger partial charge in [0, 0.05) is 38.2 Å². The molecule has 1 aliphatic heterocycles. The van der Waals surface area contributed by atoms with Gasteiger partial charge >= 0.3 is 0 Å². The van der Waals surface area contributed by atoms with E-state index in [-0.39, 0.29) is 0 Å². The molecule has 8 heteroatoms. The molecule has 0 saturated heterocycles. The first-order chi connectivity index (χ1) is 47.9. The lowest BCUT2D eigenvalue weighted by Crippen LogP contribution is -2.48. The Kier molecular flexibility index (Phi) is 10.1. The van der Waals surface area contributed by atoms with E-state index in [1.807, 2.05) is 0 Å². The van der Waals surface area contributed by atoms with Crippen molar-refractivity contribution in [3.8, 4) is 28.7 Å². The summed E-state index contributed by atoms with van der Waals surface area (Å²) in [5, 5.41) is 38.1. The lowest BCUT2D eigenvalue weighted by Gasteiger charge is -2.40. The minimum absolute atomic E-state index is 0.399. The zero-order valence-electron chi connectivity index (χ0n) is 52.3. The van der Waals surface area contributed by atoms with Crippen LogP contribution in [0.25, 0.3) is 202 Å². The minimum atomic E-state index is -0.436. The van der Waals surface area contributed by atoms with E-state index in [0.717, 1.165) is 93.2 Å². The number of aliphatic imine (C=N–C) groups is 1. The fourth-order valence-corrected chi connectivity index (χ4v) is 17.6. The zero-order chi connectivity index (χ0) is 63.0. The van der Waals surface area contributed by atoms with E-state index in [0.29, 0.717) is 17.6 Å². The van der Waals surface area contributed by atoms with Gasteiger partial charge in [-0.2, -0.15) is 9.97 Å². The molecule has 0 bridgehead atoms. The second kappa shape index (κ2) is 18.8. The lowest BCUT2D eigenvalue weighted by molar-refractivity contribution is 0.104. The molecule has 97 heavy (non-hydrogen) atoms. The standard InChI is InChI=1S/C89H52N8/c1-95-87(67-46-62-36-28-54-16-9-17-55-29-37-63(47-67)81(62)77(54)55)91-86(66-44-60-34-26-52-14-8-15-53-27-35-61(45-66)80(60)76(52)53)94-89(95)96-72-21-5-3-19-70(72)82-73(96)39-38-69-68-18-2-4-20-71(68)97(83(69)82)88-92-84(64-40-56-30-22-48-10-6-11-49-23-31-57(41-64)78(56)74(48)49)90-85(93-88)65-42-58-32-24-50-12-7-13-51-25-33-59(43-65)79(58)75(50)51/h2-47,87,89H,1H3,(H,91,94). The fourth-order valence-electron chi connectivity index (χ4n) is 17.6. The van der Waals surface area contributed by atoms with Gasteiger partial charge < -0.3 is 9.88 Å². The van der Waals surface area contributed by atoms with Gasteiger partial charge in [-0.05, 0) is 209 Å². The monoisotopic (exact) mass is 1230 g/mol. The van der Waals surface area contributed by atoms with Gasteiger partial charge in [0.05, 0.1) is 22.1 Å². The summed E-state index contributed by atoms with van der Waals surface area (Å²) in [6.07, 6.45) is -0.834. The van der Waals surface area contributed by atoms with Crippen molar-refractivity contribution in [2.24, 2.45) is 4.99 Å². The third-order valence-corrected chi connectivity index (χ3v) is 21.8. The van der Waals surface area contributed by atoms with E-state index in [1.54, 1.807) is 0 Å². The van der Waals surface area contributed by atoms with Crippen LogP contribution in [-0.2, 0) is 0 Å². The summed E-state index contributed by atoms with van der Waals surface area (Å²) >= 11 is 0. The van der Waals surface area contributed by atoms with E-state index in [2.05, 4.69) is 305 Å². The molecule has 4 heterocycles. The highest BCUT2D eigenvalue weighted by Crippen LogP contribution is 2.47. The number of nitrogens with zero attached hydrogens (tertiary/aromatic N) is 7. The summed E-state index contributed by atoms with van der Waals surface area (Å²) in [7, 11) is 2.23. The molecule has 2 unspecified atom stereocenters. The van der Waals surface area contributed by atoms with Crippen molar-refractivity contribution in [1.82, 2.24) is 34.3 Å². The van der Waals surface area contributed by atoms with E-state index < -0.39 is 12.5 Å². The molecular weight excluding hydrogens is 1180 g/mol. The second-order valence-electron chi connectivity index (χ2n) is 27.0. The largest absolute Gasteiger partial charge is 0.337 e. The highest BCUT2D eigenvalue weighted by atomic mass is 15.5. The molecule has 23 rings (SSSR count). The van der Waals surface area contributed by atoms with Crippen LogP contribution >= 0.6 is 0 Å². The summed E-state index contributed by atoms with van der Waals surface area (Å²) in [6.45, 7) is 0. The molecule has 0 saturated carbocycles. The first-order valence-electron chi connectivity index (χ1n) is 33.4. The number of para-hydroxylation sites is 2. The van der Waals surface area contributed by atoms with Gasteiger partial charge in [0.2, 0.25) is 5.95 Å². The summed E-state index contributed by atoms with van der Waals surface area (Å²) in [4.78, 5) is 25.3. The summed E-state index contributed by atoms with van der Waals surface area (Å²) < 4.78 is 4.84. The summed E-state index contributed by atoms with van der Waals surface area (Å²) in [5.74, 6) is 2.56. The van der Waals surface area contributed by atoms with Crippen LogP contribution in [0.5, 0.6) is 0 Å². The van der Waals surface area contributed by atoms with Crippen LogP contribution in [0.2, 0.25) is 0 Å². The van der Waals surface area contributed by atoms with Crippen molar-refractivity contribution in [3.63, 3.8) is 0 Å². The van der Waals surface area contributed by atoms with Crippen LogP contribution < -0.4 is 5.32 Å². The molecule has 0 radical (unpaired) electrons. The van der Waals surface area contributed by atoms with Crippen molar-refractivity contribution in [2.75, 3.05) is 7.05 Å². The molecule has 3 aromatic heterocycles. The van der Waals surface area contributed by atoms with Crippen molar-refractivity contribution < 1.29 is 0 Å². The fraction of sp³-hybridized carbons (Fsp3) is 0.0337. The molecule has 0 amide bonds. The molecule has 2 atom stereocenters. The van der Waals surface area contributed by atoms with Crippen molar-refractivity contribution in [3.05, 3.63) is 290 Å². The van der Waals surface area contributed by atoms with Gasteiger partial charge in [0.1, 0.15) is 12.0 Å². The summed E-state index contributed by atoms with van der Waals surface area (Å²) in [6, 6.07) is 103. The predicted molar refractivity (Wildman–Crippen MR) is 405 cm³/mol. The average Bonchev–Trinajstić information content (AvgIpc) is 1.59. The van der Waals surface area contributed by atoms with Crippen molar-refractivity contribution >= 4 is 179 Å². The van der Waals surface area contributed by atoms with Crippen LogP contribution in [0.1, 0.15) is 23.6 Å². The molecule has 22 aromatic rings. The Labute approximate surface area is 553 Å². The normalized spacial score (nSPS) is 15.2. The quantitative estimate of drug-likeness (QED) is 0.168. The van der Waals surface area contributed by atoms with Crippen LogP contribution in [0.4, 0.5) is 0 Å². The van der Waals surface area contributed by atoms with Gasteiger partial charge in [0.25, 0.3) is 0 Å². The number of fused-ring (bicyclic) bond motifs is 7. The molecule has 0 aliphatic carbocycles. The first kappa shape index (κ1) is 51.8. The van der Waals surface area contributed by atoms with Crippen molar-refractivity contribution in [1.29, 1.82) is 0 Å². The number of rotatable bonds is 6. The Balaban J connectivity index is 0.768. The molecule has 1 aliphatic rings. The molecule has 0 spiro atoms. The van der Waals surface area contributed by atoms with Crippen molar-refractivity contribution in [2.45, 2.75) is 12.5 Å². The number of amidine groups is 1. The zero-order valence-corrected chi connectivity index (χ0v) is 52.3. The van der Waals surface area contributed by atoms with Crippen LogP contribution in [-0.4, -0.2) is 41.9 Å². The maximum Gasteiger partial charge on any atom is 0.238 e. The Morgan fingerprint density at radius 3 is 1.11 bits per heavy atom. The first-order valence-corrected chi connectivity index (χ1v) is 33.4. The highest BCUT2D eigenvalue weighted by molar-refractivity contribution is 6.29. The number of hydrogen-bond acceptors (Lipinski definition) is 6. The maximum atomic E-state index is 5.87. The minimum Gasteiger partial charge on any atom is -0.337 e. The van der Waals surface area contributed by atoms with Gasteiger partial charge in [0.15, 0.2) is 17.9 Å². The molecule has 8 nitrogen and oxygen atoms in total. The Hall–Kier alpha value is -12.6. The number of nitrogens with one attached hydrogen (secondary N) is 1. The van der Waals surface area contributed by atoms with Gasteiger partial charge in [-0.3, -0.25) is 4.57 Å². The SMILES string of the molecule is CN1C(c2cc3ccc4cccc5ccc(c2)c3c45)N=C(c2cc3ccc4cccc5ccc(c2)c3c45)NC1n1c2ccccc2c2c3c(ccc21)c1ccccc1n3-c1nc(-c2cc3ccc4cccc5ccc(c2)c3c45)nc(-c2cc3ccc4cccc5ccc(c2)c3c45)n1. The average molecular weight is 1230 g/mol. The van der Waals surface area contributed by atoms with Gasteiger partial charge in [-0.15, -0.1) is 0 Å². The van der Waals surface area contributed by atoms with E-state index in [4.69, 9.17) is 19.9 Å². The molecule has 19 aromatic carbocycles. The van der Waals surface area contributed by atoms with Gasteiger partial charge in [-0.25, -0.2) is 14.9 Å². The Morgan fingerprint density at radius 1 is 0.299 bits per heavy atom. The lowest BCUT2D eigenvalue weighted by atomic mass is 9.92. The Morgan fingerprint density at radius 2 is 0.670 bits per heavy atom. The van der Waals surface area contributed by atoms with E-state index in [9.17, 15) is 0 Å². The third kappa shape index (κ3) is 7.13. The smallest absolute Gasteiger partial charge is 0.238 e. The number of benzene rings is 19. The van der Waals surface area contributed by atoms with Gasteiger partial charge in [-0.1, -0.05) is 212 Å².